The maximum Gasteiger partial charge on any atom is 0.244 e. The molecule has 0 aromatic heterocycles. The molecule has 0 radical (unpaired) electrons. The highest BCUT2D eigenvalue weighted by Crippen LogP contribution is 2.35. The normalized spacial score (nSPS) is 27.1. The topological polar surface area (TPSA) is 54.5 Å². The van der Waals surface area contributed by atoms with Gasteiger partial charge in [0.25, 0.3) is 0 Å². The molecule has 2 unspecified atom stereocenters. The van der Waals surface area contributed by atoms with Gasteiger partial charge in [-0.25, -0.2) is 12.8 Å². The number of sulfonamides is 1. The van der Waals surface area contributed by atoms with Gasteiger partial charge in [0.2, 0.25) is 10.0 Å². The van der Waals surface area contributed by atoms with Crippen molar-refractivity contribution in [1.82, 2.24) is 4.31 Å². The Balaban J connectivity index is 2.34. The lowest BCUT2D eigenvalue weighted by Gasteiger charge is -2.27. The highest BCUT2D eigenvalue weighted by Gasteiger charge is 2.42. The molecule has 1 aromatic rings. The number of benzene rings is 1. The summed E-state index contributed by atoms with van der Waals surface area (Å²) in [7, 11) is -2.52. The SMILES string of the molecule is CN1C2C=CC=CC2C(=O)c2cc(F)c(Cl)cc2S1(=O)=O. The van der Waals surface area contributed by atoms with Gasteiger partial charge in [-0.05, 0) is 12.1 Å². The Labute approximate surface area is 126 Å². The highest BCUT2D eigenvalue weighted by atomic mass is 35.5. The summed E-state index contributed by atoms with van der Waals surface area (Å²) in [6.45, 7) is 0. The van der Waals surface area contributed by atoms with E-state index in [0.717, 1.165) is 16.4 Å². The van der Waals surface area contributed by atoms with E-state index in [1.807, 2.05) is 0 Å². The van der Waals surface area contributed by atoms with Crippen LogP contribution >= 0.6 is 11.6 Å². The van der Waals surface area contributed by atoms with Crippen molar-refractivity contribution >= 4 is 27.4 Å². The number of halogens is 2. The predicted molar refractivity (Wildman–Crippen MR) is 76.2 cm³/mol. The second-order valence-electron chi connectivity index (χ2n) is 4.93. The Morgan fingerprint density at radius 3 is 2.62 bits per heavy atom. The van der Waals surface area contributed by atoms with E-state index < -0.39 is 33.6 Å². The van der Waals surface area contributed by atoms with Crippen molar-refractivity contribution in [2.45, 2.75) is 10.9 Å². The van der Waals surface area contributed by atoms with Crippen LogP contribution in [0.5, 0.6) is 0 Å². The van der Waals surface area contributed by atoms with E-state index in [9.17, 15) is 17.6 Å². The summed E-state index contributed by atoms with van der Waals surface area (Å²) in [5, 5.41) is -0.325. The maximum atomic E-state index is 13.7. The molecule has 0 saturated carbocycles. The molecule has 2 atom stereocenters. The minimum Gasteiger partial charge on any atom is -0.293 e. The lowest BCUT2D eigenvalue weighted by Crippen LogP contribution is -2.40. The van der Waals surface area contributed by atoms with Crippen LogP contribution in [0.4, 0.5) is 4.39 Å². The first kappa shape index (κ1) is 14.4. The van der Waals surface area contributed by atoms with Crippen LogP contribution in [0.2, 0.25) is 5.02 Å². The number of rotatable bonds is 0. The third-order valence-electron chi connectivity index (χ3n) is 3.77. The Bertz CT molecular complexity index is 799. The molecule has 1 aromatic carbocycles. The number of hydrogen-bond acceptors (Lipinski definition) is 3. The van der Waals surface area contributed by atoms with Crippen LogP contribution < -0.4 is 0 Å². The van der Waals surface area contributed by atoms with Crippen LogP contribution in [-0.2, 0) is 10.0 Å². The van der Waals surface area contributed by atoms with Gasteiger partial charge in [-0.2, -0.15) is 4.31 Å². The summed E-state index contributed by atoms with van der Waals surface area (Å²) < 4.78 is 40.0. The zero-order valence-corrected chi connectivity index (χ0v) is 12.5. The number of ketones is 1. The molecule has 1 heterocycles. The number of fused-ring (bicyclic) bond motifs is 2. The van der Waals surface area contributed by atoms with Gasteiger partial charge in [-0.1, -0.05) is 35.9 Å². The van der Waals surface area contributed by atoms with E-state index in [1.165, 1.54) is 7.05 Å². The van der Waals surface area contributed by atoms with E-state index in [0.29, 0.717) is 0 Å². The van der Waals surface area contributed by atoms with Crippen molar-refractivity contribution in [2.24, 2.45) is 5.92 Å². The Hall–Kier alpha value is -1.50. The lowest BCUT2D eigenvalue weighted by molar-refractivity contribution is 0.0919. The molecule has 0 saturated heterocycles. The number of nitrogens with zero attached hydrogens (tertiary/aromatic N) is 1. The van der Waals surface area contributed by atoms with E-state index >= 15 is 0 Å². The van der Waals surface area contributed by atoms with Gasteiger partial charge in [0.15, 0.2) is 5.78 Å². The average molecular weight is 328 g/mol. The van der Waals surface area contributed by atoms with Gasteiger partial charge in [-0.3, -0.25) is 4.79 Å². The quantitative estimate of drug-likeness (QED) is 0.735. The standard InChI is InChI=1S/C14H11ClFNO3S/c1-17-12-5-3-2-4-8(12)14(18)9-6-11(16)10(15)7-13(9)21(17,19)20/h2-8,12H,1H3. The van der Waals surface area contributed by atoms with Crippen molar-refractivity contribution in [1.29, 1.82) is 0 Å². The van der Waals surface area contributed by atoms with E-state index in [-0.39, 0.29) is 15.5 Å². The average Bonchev–Trinajstić information content (AvgIpc) is 2.52. The number of carbonyl (C=O) groups is 1. The summed E-state index contributed by atoms with van der Waals surface area (Å²) in [4.78, 5) is 12.3. The van der Waals surface area contributed by atoms with Gasteiger partial charge >= 0.3 is 0 Å². The molecule has 3 rings (SSSR count). The molecule has 0 N–H and O–H groups in total. The van der Waals surface area contributed by atoms with Crippen molar-refractivity contribution in [3.8, 4) is 0 Å². The van der Waals surface area contributed by atoms with Gasteiger partial charge in [0.05, 0.1) is 21.9 Å². The molecule has 0 fully saturated rings. The predicted octanol–water partition coefficient (Wildman–Crippen LogP) is 2.41. The number of likely N-dealkylation sites (N-methyl/N-ethyl adjacent to an activating group) is 1. The Kier molecular flexibility index (Phi) is 3.27. The fraction of sp³-hybridized carbons (Fsp3) is 0.214. The number of hydrogen-bond donors (Lipinski definition) is 0. The smallest absolute Gasteiger partial charge is 0.244 e. The molecule has 2 aliphatic rings. The second-order valence-corrected chi connectivity index (χ2v) is 7.31. The fourth-order valence-corrected chi connectivity index (χ4v) is 4.38. The summed E-state index contributed by atoms with van der Waals surface area (Å²) in [6, 6.07) is 1.28. The Morgan fingerprint density at radius 1 is 1.24 bits per heavy atom. The van der Waals surface area contributed by atoms with Crippen LogP contribution in [0.25, 0.3) is 0 Å². The summed E-state index contributed by atoms with van der Waals surface area (Å²) in [5.41, 5.74) is -0.156. The second kappa shape index (κ2) is 4.76. The van der Waals surface area contributed by atoms with Gasteiger partial charge in [-0.15, -0.1) is 0 Å². The van der Waals surface area contributed by atoms with Gasteiger partial charge < -0.3 is 0 Å². The molecular formula is C14H11ClFNO3S. The third-order valence-corrected chi connectivity index (χ3v) is 5.96. The van der Waals surface area contributed by atoms with E-state index in [4.69, 9.17) is 11.6 Å². The van der Waals surface area contributed by atoms with Crippen molar-refractivity contribution in [3.63, 3.8) is 0 Å². The van der Waals surface area contributed by atoms with Crippen molar-refractivity contribution in [2.75, 3.05) is 7.05 Å². The molecule has 1 aliphatic carbocycles. The molecule has 0 bridgehead atoms. The molecule has 1 aliphatic heterocycles. The number of allylic oxidation sites excluding steroid dienone is 2. The van der Waals surface area contributed by atoms with E-state index in [1.54, 1.807) is 24.3 Å². The molecule has 0 spiro atoms. The van der Waals surface area contributed by atoms with Crippen molar-refractivity contribution < 1.29 is 17.6 Å². The van der Waals surface area contributed by atoms with Gasteiger partial charge in [0, 0.05) is 12.6 Å². The molecule has 4 nitrogen and oxygen atoms in total. The van der Waals surface area contributed by atoms with E-state index in [2.05, 4.69) is 0 Å². The summed E-state index contributed by atoms with van der Waals surface area (Å²) >= 11 is 5.68. The molecular weight excluding hydrogens is 317 g/mol. The first-order valence-corrected chi connectivity index (χ1v) is 8.02. The largest absolute Gasteiger partial charge is 0.293 e. The summed E-state index contributed by atoms with van der Waals surface area (Å²) in [5.74, 6) is -1.91. The van der Waals surface area contributed by atoms with Crippen LogP contribution in [0.1, 0.15) is 10.4 Å². The first-order valence-electron chi connectivity index (χ1n) is 6.20. The number of carbonyl (C=O) groups excluding carboxylic acids is 1. The van der Waals surface area contributed by atoms with Crippen LogP contribution in [0, 0.1) is 11.7 Å². The van der Waals surface area contributed by atoms with Crippen LogP contribution in [0.15, 0.2) is 41.3 Å². The van der Waals surface area contributed by atoms with Crippen LogP contribution in [-0.4, -0.2) is 31.6 Å². The fourth-order valence-electron chi connectivity index (χ4n) is 2.61. The van der Waals surface area contributed by atoms with Gasteiger partial charge in [0.1, 0.15) is 5.82 Å². The zero-order chi connectivity index (χ0) is 15.4. The molecule has 110 valence electrons. The lowest BCUT2D eigenvalue weighted by atomic mass is 9.88. The monoisotopic (exact) mass is 327 g/mol. The minimum absolute atomic E-state index is 0.156. The highest BCUT2D eigenvalue weighted by molar-refractivity contribution is 7.89. The van der Waals surface area contributed by atoms with Crippen molar-refractivity contribution in [3.05, 3.63) is 52.8 Å². The first-order chi connectivity index (χ1) is 9.84. The summed E-state index contributed by atoms with van der Waals surface area (Å²) in [6.07, 6.45) is 6.63. The third kappa shape index (κ3) is 2.06. The molecule has 7 heteroatoms. The molecule has 0 amide bonds. The number of Topliss-reactive ketones (excluding diaryl/α,β-unsaturated/α-hetero) is 1. The van der Waals surface area contributed by atoms with Crippen LogP contribution in [0.3, 0.4) is 0 Å². The maximum absolute atomic E-state index is 13.7. The zero-order valence-electron chi connectivity index (χ0n) is 11.0. The Morgan fingerprint density at radius 2 is 1.90 bits per heavy atom. The molecule has 21 heavy (non-hydrogen) atoms. The minimum atomic E-state index is -3.92.